The van der Waals surface area contributed by atoms with E-state index < -0.39 is 9.84 Å². The molecule has 2 aromatic heterocycles. The number of nitrogens with one attached hydrogen (secondary N) is 2. The number of aromatic amines is 1. The van der Waals surface area contributed by atoms with Crippen LogP contribution in [0.5, 0.6) is 0 Å². The number of anilines is 1. The normalized spacial score (nSPS) is 19.3. The first-order valence-corrected chi connectivity index (χ1v) is 13.1. The van der Waals surface area contributed by atoms with E-state index in [-0.39, 0.29) is 10.7 Å². The lowest BCUT2D eigenvalue weighted by Crippen LogP contribution is -2.32. The first-order valence-electron chi connectivity index (χ1n) is 10.4. The van der Waals surface area contributed by atoms with Crippen molar-refractivity contribution in [3.8, 4) is 22.5 Å². The van der Waals surface area contributed by atoms with Gasteiger partial charge in [-0.1, -0.05) is 35.6 Å². The Labute approximate surface area is 189 Å². The molecule has 1 aliphatic carbocycles. The number of sulfone groups is 1. The Kier molecular flexibility index (Phi) is 5.39. The second kappa shape index (κ2) is 8.23. The Morgan fingerprint density at radius 3 is 2.56 bits per heavy atom. The van der Waals surface area contributed by atoms with E-state index in [9.17, 15) is 8.42 Å². The molecule has 1 aliphatic rings. The number of H-pyrrole nitrogens is 1. The number of fused-ring (bicyclic) bond motifs is 1. The number of para-hydroxylation sites is 1. The lowest BCUT2D eigenvalue weighted by molar-refractivity contribution is 0.411. The van der Waals surface area contributed by atoms with Crippen molar-refractivity contribution in [2.75, 3.05) is 11.6 Å². The lowest BCUT2D eigenvalue weighted by Gasteiger charge is -2.26. The molecule has 0 amide bonds. The van der Waals surface area contributed by atoms with Gasteiger partial charge in [0.05, 0.1) is 15.1 Å². The molecule has 166 valence electrons. The third-order valence-corrected chi connectivity index (χ3v) is 7.89. The molecule has 0 saturated heterocycles. The molecule has 0 bridgehead atoms. The van der Waals surface area contributed by atoms with Crippen LogP contribution < -0.4 is 11.1 Å². The molecule has 0 unspecified atom stereocenters. The monoisotopic (exact) mass is 469 g/mol. The summed E-state index contributed by atoms with van der Waals surface area (Å²) < 4.78 is 26.1. The van der Waals surface area contributed by atoms with Gasteiger partial charge in [-0.15, -0.1) is 10.2 Å². The molecule has 0 radical (unpaired) electrons. The predicted molar refractivity (Wildman–Crippen MR) is 125 cm³/mol. The van der Waals surface area contributed by atoms with Crippen molar-refractivity contribution >= 4 is 36.5 Å². The summed E-state index contributed by atoms with van der Waals surface area (Å²) in [6.07, 6.45) is 5.27. The molecule has 2 aromatic carbocycles. The minimum absolute atomic E-state index is 0.153. The summed E-state index contributed by atoms with van der Waals surface area (Å²) in [6.45, 7) is 0. The zero-order chi connectivity index (χ0) is 22.3. The highest BCUT2D eigenvalue weighted by atomic mass is 32.2. The fourth-order valence-corrected chi connectivity index (χ4v) is 6.10. The van der Waals surface area contributed by atoms with Crippen LogP contribution in [-0.4, -0.2) is 52.4 Å². The Bertz CT molecular complexity index is 1360. The van der Waals surface area contributed by atoms with Gasteiger partial charge in [0.1, 0.15) is 0 Å². The van der Waals surface area contributed by atoms with E-state index in [1.165, 1.54) is 6.26 Å². The fraction of sp³-hybridized carbons (Fsp3) is 0.333. The maximum atomic E-state index is 12.5. The second-order valence-electron chi connectivity index (χ2n) is 8.11. The van der Waals surface area contributed by atoms with E-state index in [1.807, 2.05) is 24.3 Å². The van der Waals surface area contributed by atoms with Crippen molar-refractivity contribution in [3.05, 3.63) is 36.4 Å². The van der Waals surface area contributed by atoms with Gasteiger partial charge in [-0.2, -0.15) is 5.21 Å². The third kappa shape index (κ3) is 3.98. The summed E-state index contributed by atoms with van der Waals surface area (Å²) in [5, 5.41) is 18.6. The summed E-state index contributed by atoms with van der Waals surface area (Å²) in [5.74, 6) is 0.227. The average Bonchev–Trinajstić information content (AvgIpc) is 3.43. The smallest absolute Gasteiger partial charge is 0.206 e. The van der Waals surface area contributed by atoms with Crippen LogP contribution in [0.15, 0.2) is 41.3 Å². The zero-order valence-corrected chi connectivity index (χ0v) is 19.1. The third-order valence-electron chi connectivity index (χ3n) is 5.80. The molecule has 1 saturated carbocycles. The standard InChI is InChI=1S/C21H23N7O2S2/c1-32(29,30)17-7-3-4-14(18(17)20-25-27-28-26-20)15-5-2-6-16-19(15)24-21(31-16)23-13-10-8-12(22)9-11-13/h2-7,12-13H,8-11,22H2,1H3,(H,23,24)(H,25,26,27,28)/t12-,13-. The molecule has 0 spiro atoms. The molecule has 5 rings (SSSR count). The Hall–Kier alpha value is -2.89. The first-order chi connectivity index (χ1) is 15.4. The highest BCUT2D eigenvalue weighted by Gasteiger charge is 2.24. The number of benzene rings is 2. The van der Waals surface area contributed by atoms with Gasteiger partial charge in [0.2, 0.25) is 5.82 Å². The van der Waals surface area contributed by atoms with Gasteiger partial charge in [-0.3, -0.25) is 0 Å². The van der Waals surface area contributed by atoms with Crippen molar-refractivity contribution in [2.45, 2.75) is 42.7 Å². The van der Waals surface area contributed by atoms with Crippen LogP contribution in [0.2, 0.25) is 0 Å². The minimum atomic E-state index is -3.52. The van der Waals surface area contributed by atoms with Crippen LogP contribution in [0, 0.1) is 0 Å². The van der Waals surface area contributed by atoms with Crippen molar-refractivity contribution in [2.24, 2.45) is 5.73 Å². The van der Waals surface area contributed by atoms with Crippen molar-refractivity contribution < 1.29 is 8.42 Å². The van der Waals surface area contributed by atoms with E-state index in [1.54, 1.807) is 23.5 Å². The summed E-state index contributed by atoms with van der Waals surface area (Å²) in [4.78, 5) is 5.03. The molecule has 0 atom stereocenters. The van der Waals surface area contributed by atoms with Gasteiger partial charge in [0.25, 0.3) is 0 Å². The van der Waals surface area contributed by atoms with Crippen LogP contribution in [0.25, 0.3) is 32.7 Å². The molecule has 4 aromatic rings. The molecule has 9 nitrogen and oxygen atoms in total. The summed E-state index contributed by atoms with van der Waals surface area (Å²) >= 11 is 1.59. The van der Waals surface area contributed by atoms with Crippen molar-refractivity contribution in [1.82, 2.24) is 25.6 Å². The van der Waals surface area contributed by atoms with Gasteiger partial charge < -0.3 is 11.1 Å². The van der Waals surface area contributed by atoms with Crippen LogP contribution in [0.1, 0.15) is 25.7 Å². The second-order valence-corrected chi connectivity index (χ2v) is 11.1. The van der Waals surface area contributed by atoms with E-state index in [4.69, 9.17) is 10.7 Å². The Morgan fingerprint density at radius 1 is 1.09 bits per heavy atom. The van der Waals surface area contributed by atoms with Crippen LogP contribution >= 0.6 is 11.3 Å². The topological polar surface area (TPSA) is 140 Å². The highest BCUT2D eigenvalue weighted by Crippen LogP contribution is 2.40. The molecular weight excluding hydrogens is 446 g/mol. The summed E-state index contributed by atoms with van der Waals surface area (Å²) in [5.41, 5.74) is 8.77. The van der Waals surface area contributed by atoms with Gasteiger partial charge in [-0.25, -0.2) is 13.4 Å². The number of thiazole rings is 1. The largest absolute Gasteiger partial charge is 0.359 e. The molecule has 32 heavy (non-hydrogen) atoms. The number of nitrogens with zero attached hydrogens (tertiary/aromatic N) is 4. The van der Waals surface area contributed by atoms with Gasteiger partial charge in [0.15, 0.2) is 15.0 Å². The highest BCUT2D eigenvalue weighted by molar-refractivity contribution is 7.90. The number of hydrogen-bond acceptors (Lipinski definition) is 9. The molecular formula is C21H23N7O2S2. The quantitative estimate of drug-likeness (QED) is 0.405. The molecule has 2 heterocycles. The van der Waals surface area contributed by atoms with Gasteiger partial charge in [0, 0.05) is 29.5 Å². The van der Waals surface area contributed by atoms with Crippen molar-refractivity contribution in [3.63, 3.8) is 0 Å². The number of rotatable bonds is 5. The molecule has 11 heteroatoms. The Morgan fingerprint density at radius 2 is 1.84 bits per heavy atom. The van der Waals surface area contributed by atoms with Crippen LogP contribution in [-0.2, 0) is 9.84 Å². The number of tetrazole rings is 1. The summed E-state index contributed by atoms with van der Waals surface area (Å²) in [7, 11) is -3.52. The van der Waals surface area contributed by atoms with Crippen molar-refractivity contribution in [1.29, 1.82) is 0 Å². The number of nitrogens with two attached hydrogens (primary N) is 1. The van der Waals surface area contributed by atoms with E-state index >= 15 is 0 Å². The SMILES string of the molecule is CS(=O)(=O)c1cccc(-c2cccc3sc(N[C@H]4CC[C@H](N)CC4)nc23)c1-c1nn[nH]n1. The van der Waals surface area contributed by atoms with E-state index in [2.05, 4.69) is 25.9 Å². The molecule has 4 N–H and O–H groups in total. The first kappa shape index (κ1) is 21.0. The van der Waals surface area contributed by atoms with E-state index in [0.717, 1.165) is 46.6 Å². The molecule has 0 aliphatic heterocycles. The van der Waals surface area contributed by atoms with Crippen LogP contribution in [0.3, 0.4) is 0 Å². The maximum Gasteiger partial charge on any atom is 0.206 e. The Balaban J connectivity index is 1.62. The zero-order valence-electron chi connectivity index (χ0n) is 17.4. The molecule has 1 fully saturated rings. The average molecular weight is 470 g/mol. The number of aromatic nitrogens is 5. The van der Waals surface area contributed by atoms with Crippen LogP contribution in [0.4, 0.5) is 5.13 Å². The summed E-state index contributed by atoms with van der Waals surface area (Å²) in [6, 6.07) is 11.7. The maximum absolute atomic E-state index is 12.5. The van der Waals surface area contributed by atoms with E-state index in [0.29, 0.717) is 23.2 Å². The number of hydrogen-bond donors (Lipinski definition) is 3. The predicted octanol–water partition coefficient (Wildman–Crippen LogP) is 3.23. The van der Waals surface area contributed by atoms with Gasteiger partial charge in [-0.05, 0) is 48.6 Å². The lowest BCUT2D eigenvalue weighted by atomic mass is 9.92. The fourth-order valence-electron chi connectivity index (χ4n) is 4.23. The minimum Gasteiger partial charge on any atom is -0.359 e. The van der Waals surface area contributed by atoms with Gasteiger partial charge >= 0.3 is 0 Å².